The van der Waals surface area contributed by atoms with Crippen molar-refractivity contribution in [1.82, 2.24) is 0 Å². The van der Waals surface area contributed by atoms with E-state index in [9.17, 15) is 0 Å². The number of rotatable bonds is 6. The minimum Gasteiger partial charge on any atom is -0.432 e. The van der Waals surface area contributed by atoms with E-state index in [1.165, 1.54) is 0 Å². The lowest BCUT2D eigenvalue weighted by Crippen LogP contribution is -2.07. The van der Waals surface area contributed by atoms with E-state index in [1.54, 1.807) is 0 Å². The molecule has 0 heterocycles. The Bertz CT molecular complexity index is 68.0. The smallest absolute Gasteiger partial charge is 0.203 e. The Morgan fingerprint density at radius 1 is 1.40 bits per heavy atom. The average Bonchev–Trinajstić information content (AvgIpc) is 1.87. The lowest BCUT2D eigenvalue weighted by molar-refractivity contribution is 0.0925. The van der Waals surface area contributed by atoms with Gasteiger partial charge in [0.1, 0.15) is 0 Å². The van der Waals surface area contributed by atoms with Crippen molar-refractivity contribution in [2.75, 3.05) is 19.8 Å². The van der Waals surface area contributed by atoms with Crippen molar-refractivity contribution in [1.29, 1.82) is 0 Å². The summed E-state index contributed by atoms with van der Waals surface area (Å²) in [6.07, 6.45) is 0.904. The van der Waals surface area contributed by atoms with Crippen molar-refractivity contribution in [2.24, 2.45) is 0 Å². The molecule has 0 saturated carbocycles. The van der Waals surface area contributed by atoms with E-state index >= 15 is 0 Å². The Labute approximate surface area is 63.4 Å². The first-order valence-electron chi connectivity index (χ1n) is 3.47. The molecule has 0 bridgehead atoms. The maximum atomic E-state index is 8.91. The molecule has 0 aliphatic carbocycles. The number of ether oxygens (including phenoxy) is 1. The third kappa shape index (κ3) is 8.10. The van der Waals surface area contributed by atoms with Gasteiger partial charge in [0, 0.05) is 6.61 Å². The van der Waals surface area contributed by atoms with Gasteiger partial charge in [-0.1, -0.05) is 0 Å². The monoisotopic (exact) mass is 163 g/mol. The molecule has 0 spiro atoms. The Balaban J connectivity index is 2.77. The predicted octanol–water partition coefficient (Wildman–Crippen LogP) is -0.00100. The van der Waals surface area contributed by atoms with Crippen molar-refractivity contribution in [3.8, 4) is 0 Å². The van der Waals surface area contributed by atoms with Gasteiger partial charge in [0.15, 0.2) is 0 Å². The summed E-state index contributed by atoms with van der Waals surface area (Å²) < 4.78 is 4.99. The SMILES string of the molecule is C[Si](O)CCCOCCO. The summed E-state index contributed by atoms with van der Waals surface area (Å²) in [5.74, 6) is 0. The molecule has 0 aromatic heterocycles. The second kappa shape index (κ2) is 7.21. The van der Waals surface area contributed by atoms with E-state index in [0.717, 1.165) is 12.5 Å². The summed E-state index contributed by atoms with van der Waals surface area (Å²) in [6.45, 7) is 3.01. The number of aliphatic hydroxyl groups is 1. The second-order valence-corrected chi connectivity index (χ2v) is 4.15. The van der Waals surface area contributed by atoms with Crippen molar-refractivity contribution in [3.63, 3.8) is 0 Å². The van der Waals surface area contributed by atoms with Gasteiger partial charge in [0.2, 0.25) is 9.04 Å². The van der Waals surface area contributed by atoms with Crippen LogP contribution in [0.15, 0.2) is 0 Å². The first kappa shape index (κ1) is 10.1. The van der Waals surface area contributed by atoms with E-state index in [4.69, 9.17) is 14.6 Å². The fraction of sp³-hybridized carbons (Fsp3) is 1.00. The number of hydrogen-bond donors (Lipinski definition) is 2. The number of hydrogen-bond acceptors (Lipinski definition) is 3. The average molecular weight is 163 g/mol. The van der Waals surface area contributed by atoms with Gasteiger partial charge < -0.3 is 14.6 Å². The van der Waals surface area contributed by atoms with Crippen LogP contribution in [0.3, 0.4) is 0 Å². The van der Waals surface area contributed by atoms with Crippen molar-refractivity contribution in [2.45, 2.75) is 19.0 Å². The van der Waals surface area contributed by atoms with Gasteiger partial charge in [-0.15, -0.1) is 0 Å². The quantitative estimate of drug-likeness (QED) is 0.428. The Morgan fingerprint density at radius 3 is 2.60 bits per heavy atom. The molecule has 0 aliphatic heterocycles. The molecule has 1 radical (unpaired) electrons. The van der Waals surface area contributed by atoms with Crippen molar-refractivity contribution in [3.05, 3.63) is 0 Å². The maximum absolute atomic E-state index is 8.91. The third-order valence-corrected chi connectivity index (χ3v) is 2.14. The highest BCUT2D eigenvalue weighted by molar-refractivity contribution is 6.48. The molecule has 0 aromatic rings. The molecule has 0 amide bonds. The summed E-state index contributed by atoms with van der Waals surface area (Å²) >= 11 is 0. The fourth-order valence-corrected chi connectivity index (χ4v) is 1.25. The molecule has 4 heteroatoms. The summed E-state index contributed by atoms with van der Waals surface area (Å²) in [6, 6.07) is 0.871. The zero-order valence-corrected chi connectivity index (χ0v) is 7.34. The molecule has 0 aromatic carbocycles. The molecule has 10 heavy (non-hydrogen) atoms. The largest absolute Gasteiger partial charge is 0.432 e. The molecule has 0 fully saturated rings. The van der Waals surface area contributed by atoms with Gasteiger partial charge in [0.25, 0.3) is 0 Å². The summed E-state index contributed by atoms with van der Waals surface area (Å²) in [5.41, 5.74) is 0. The van der Waals surface area contributed by atoms with E-state index < -0.39 is 9.04 Å². The summed E-state index contributed by atoms with van der Waals surface area (Å²) in [5, 5.41) is 8.31. The van der Waals surface area contributed by atoms with Crippen LogP contribution in [0.25, 0.3) is 0 Å². The first-order chi connectivity index (χ1) is 4.77. The summed E-state index contributed by atoms with van der Waals surface area (Å²) in [7, 11) is -1.06. The predicted molar refractivity (Wildman–Crippen MR) is 41.2 cm³/mol. The van der Waals surface area contributed by atoms with Crippen LogP contribution < -0.4 is 0 Å². The van der Waals surface area contributed by atoms with E-state index in [-0.39, 0.29) is 6.61 Å². The summed E-state index contributed by atoms with van der Waals surface area (Å²) in [4.78, 5) is 8.91. The van der Waals surface area contributed by atoms with Crippen LogP contribution in [0, 0.1) is 0 Å². The molecule has 0 atom stereocenters. The van der Waals surface area contributed by atoms with Gasteiger partial charge in [-0.3, -0.25) is 0 Å². The molecule has 61 valence electrons. The standard InChI is InChI=1S/C6H15O3Si/c1-10(8)6-2-4-9-5-3-7/h7-8H,2-6H2,1H3. The molecule has 3 nitrogen and oxygen atoms in total. The Hall–Kier alpha value is 0.0969. The van der Waals surface area contributed by atoms with E-state index in [2.05, 4.69) is 0 Å². The van der Waals surface area contributed by atoms with Gasteiger partial charge in [-0.2, -0.15) is 0 Å². The molecule has 0 aliphatic rings. The Morgan fingerprint density at radius 2 is 2.10 bits per heavy atom. The topological polar surface area (TPSA) is 49.7 Å². The second-order valence-electron chi connectivity index (χ2n) is 2.17. The van der Waals surface area contributed by atoms with Crippen molar-refractivity contribution < 1.29 is 14.6 Å². The molecular weight excluding hydrogens is 148 g/mol. The van der Waals surface area contributed by atoms with Crippen LogP contribution >= 0.6 is 0 Å². The minimum absolute atomic E-state index is 0.0864. The fourth-order valence-electron chi connectivity index (χ4n) is 0.597. The van der Waals surface area contributed by atoms with Crippen LogP contribution in [0.1, 0.15) is 6.42 Å². The van der Waals surface area contributed by atoms with E-state index in [0.29, 0.717) is 13.2 Å². The van der Waals surface area contributed by atoms with E-state index in [1.807, 2.05) is 6.55 Å². The van der Waals surface area contributed by atoms with Crippen LogP contribution in [0.4, 0.5) is 0 Å². The minimum atomic E-state index is -1.06. The third-order valence-electron chi connectivity index (χ3n) is 1.06. The zero-order chi connectivity index (χ0) is 7.82. The maximum Gasteiger partial charge on any atom is 0.203 e. The van der Waals surface area contributed by atoms with Gasteiger partial charge in [-0.05, 0) is 19.0 Å². The van der Waals surface area contributed by atoms with Gasteiger partial charge >= 0.3 is 0 Å². The normalized spacial score (nSPS) is 10.8. The first-order valence-corrected chi connectivity index (χ1v) is 5.63. The van der Waals surface area contributed by atoms with Crippen LogP contribution in [0.2, 0.25) is 12.6 Å². The van der Waals surface area contributed by atoms with Gasteiger partial charge in [0.05, 0.1) is 13.2 Å². The lowest BCUT2D eigenvalue weighted by Gasteiger charge is -2.01. The van der Waals surface area contributed by atoms with Gasteiger partial charge in [-0.25, -0.2) is 0 Å². The highest BCUT2D eigenvalue weighted by Crippen LogP contribution is 1.94. The molecular formula is C6H15O3Si. The van der Waals surface area contributed by atoms with Crippen molar-refractivity contribution >= 4 is 9.04 Å². The molecule has 0 unspecified atom stereocenters. The van der Waals surface area contributed by atoms with Crippen LogP contribution in [-0.4, -0.2) is 38.8 Å². The molecule has 0 rings (SSSR count). The highest BCUT2D eigenvalue weighted by atomic mass is 28.3. The highest BCUT2D eigenvalue weighted by Gasteiger charge is 1.97. The van der Waals surface area contributed by atoms with Crippen LogP contribution in [0.5, 0.6) is 0 Å². The zero-order valence-electron chi connectivity index (χ0n) is 6.34. The van der Waals surface area contributed by atoms with Crippen LogP contribution in [-0.2, 0) is 4.74 Å². The number of aliphatic hydroxyl groups excluding tert-OH is 1. The molecule has 2 N–H and O–H groups in total. The molecule has 0 saturated heterocycles. The Kier molecular flexibility index (Phi) is 7.28. The lowest BCUT2D eigenvalue weighted by atomic mass is 10.5.